The SMILES string of the molecule is O=S(=O)(c1ccc(F)c(Cl)c1)N1CCN(c2cc(Cl)nc(C3CC3)n2)CC1. The summed E-state index contributed by atoms with van der Waals surface area (Å²) in [6, 6.07) is 5.14. The van der Waals surface area contributed by atoms with Crippen molar-refractivity contribution in [3.05, 3.63) is 46.1 Å². The molecule has 0 bridgehead atoms. The molecule has 10 heteroatoms. The fourth-order valence-electron chi connectivity index (χ4n) is 3.05. The largest absolute Gasteiger partial charge is 0.354 e. The van der Waals surface area contributed by atoms with Crippen LogP contribution in [0.2, 0.25) is 10.2 Å². The summed E-state index contributed by atoms with van der Waals surface area (Å²) in [5.74, 6) is 1.21. The molecular weight excluding hydrogens is 414 g/mol. The first-order valence-corrected chi connectivity index (χ1v) is 10.8. The highest BCUT2D eigenvalue weighted by Crippen LogP contribution is 2.39. The Hall–Kier alpha value is -1.48. The van der Waals surface area contributed by atoms with Crippen molar-refractivity contribution >= 4 is 39.0 Å². The van der Waals surface area contributed by atoms with Crippen molar-refractivity contribution in [2.75, 3.05) is 31.1 Å². The third-order valence-corrected chi connectivity index (χ3v) is 7.11. The monoisotopic (exact) mass is 430 g/mol. The minimum Gasteiger partial charge on any atom is -0.354 e. The zero-order chi connectivity index (χ0) is 19.2. The van der Waals surface area contributed by atoms with Crippen LogP contribution in [0.25, 0.3) is 0 Å². The summed E-state index contributed by atoms with van der Waals surface area (Å²) >= 11 is 11.9. The third kappa shape index (κ3) is 3.89. The van der Waals surface area contributed by atoms with Crippen LogP contribution < -0.4 is 4.90 Å². The van der Waals surface area contributed by atoms with Crippen LogP contribution in [0.1, 0.15) is 24.6 Å². The van der Waals surface area contributed by atoms with Gasteiger partial charge in [-0.3, -0.25) is 0 Å². The summed E-state index contributed by atoms with van der Waals surface area (Å²) in [4.78, 5) is 10.9. The first-order valence-electron chi connectivity index (χ1n) is 8.59. The minimum atomic E-state index is -3.73. The molecule has 2 heterocycles. The van der Waals surface area contributed by atoms with Crippen LogP contribution in [0.4, 0.5) is 10.2 Å². The van der Waals surface area contributed by atoms with E-state index in [1.165, 1.54) is 10.4 Å². The van der Waals surface area contributed by atoms with Gasteiger partial charge in [0.2, 0.25) is 10.0 Å². The Balaban J connectivity index is 1.49. The first-order chi connectivity index (χ1) is 12.8. The molecular formula is C17H17Cl2FN4O2S. The maximum absolute atomic E-state index is 13.3. The molecule has 1 aromatic heterocycles. The quantitative estimate of drug-likeness (QED) is 0.695. The molecule has 4 rings (SSSR count). The summed E-state index contributed by atoms with van der Waals surface area (Å²) in [5, 5.41) is 0.191. The molecule has 144 valence electrons. The summed E-state index contributed by atoms with van der Waals surface area (Å²) in [5.41, 5.74) is 0. The Labute approximate surface area is 167 Å². The molecule has 0 radical (unpaired) electrons. The second-order valence-electron chi connectivity index (χ2n) is 6.65. The molecule has 0 amide bonds. The number of nitrogens with zero attached hydrogens (tertiary/aromatic N) is 4. The lowest BCUT2D eigenvalue weighted by atomic mass is 10.3. The van der Waals surface area contributed by atoms with E-state index in [4.69, 9.17) is 23.2 Å². The fraction of sp³-hybridized carbons (Fsp3) is 0.412. The molecule has 2 fully saturated rings. The lowest BCUT2D eigenvalue weighted by molar-refractivity contribution is 0.383. The van der Waals surface area contributed by atoms with Crippen molar-refractivity contribution in [3.63, 3.8) is 0 Å². The molecule has 1 aromatic carbocycles. The van der Waals surface area contributed by atoms with Crippen LogP contribution in [0.15, 0.2) is 29.2 Å². The first kappa shape index (κ1) is 18.9. The summed E-state index contributed by atoms with van der Waals surface area (Å²) < 4.78 is 40.3. The van der Waals surface area contributed by atoms with E-state index < -0.39 is 15.8 Å². The fourth-order valence-corrected chi connectivity index (χ4v) is 4.93. The van der Waals surface area contributed by atoms with Crippen LogP contribution in [0, 0.1) is 5.82 Å². The van der Waals surface area contributed by atoms with Gasteiger partial charge in [0.05, 0.1) is 9.92 Å². The molecule has 1 saturated heterocycles. The number of halogens is 3. The average Bonchev–Trinajstić information content (AvgIpc) is 3.49. The van der Waals surface area contributed by atoms with Gasteiger partial charge in [0.15, 0.2) is 0 Å². The Morgan fingerprint density at radius 2 is 1.74 bits per heavy atom. The maximum Gasteiger partial charge on any atom is 0.243 e. The summed E-state index contributed by atoms with van der Waals surface area (Å²) in [7, 11) is -3.73. The van der Waals surface area contributed by atoms with E-state index in [0.717, 1.165) is 36.6 Å². The topological polar surface area (TPSA) is 66.4 Å². The Morgan fingerprint density at radius 3 is 2.37 bits per heavy atom. The van der Waals surface area contributed by atoms with E-state index in [9.17, 15) is 12.8 Å². The van der Waals surface area contributed by atoms with Gasteiger partial charge < -0.3 is 4.90 Å². The molecule has 2 aromatic rings. The molecule has 1 saturated carbocycles. The number of benzene rings is 1. The van der Waals surface area contributed by atoms with E-state index in [1.54, 1.807) is 6.07 Å². The van der Waals surface area contributed by atoms with E-state index in [-0.39, 0.29) is 23.0 Å². The van der Waals surface area contributed by atoms with Gasteiger partial charge in [0, 0.05) is 38.2 Å². The third-order valence-electron chi connectivity index (χ3n) is 4.73. The van der Waals surface area contributed by atoms with Gasteiger partial charge in [-0.05, 0) is 31.0 Å². The lowest BCUT2D eigenvalue weighted by Gasteiger charge is -2.34. The Morgan fingerprint density at radius 1 is 1.04 bits per heavy atom. The van der Waals surface area contributed by atoms with Gasteiger partial charge in [-0.15, -0.1) is 0 Å². The van der Waals surface area contributed by atoms with Crippen molar-refractivity contribution in [2.24, 2.45) is 0 Å². The average molecular weight is 431 g/mol. The van der Waals surface area contributed by atoms with Crippen molar-refractivity contribution in [2.45, 2.75) is 23.7 Å². The highest BCUT2D eigenvalue weighted by Gasteiger charge is 2.31. The van der Waals surface area contributed by atoms with Crippen LogP contribution in [-0.4, -0.2) is 48.9 Å². The standard InChI is InChI=1S/C17H17Cl2FN4O2S/c18-13-9-12(3-4-14(13)20)27(25,26)24-7-5-23(6-8-24)16-10-15(19)21-17(22-16)11-1-2-11/h3-4,9-11H,1-2,5-8H2. The van der Waals surface area contributed by atoms with Gasteiger partial charge in [-0.2, -0.15) is 4.31 Å². The zero-order valence-corrected chi connectivity index (χ0v) is 16.6. The molecule has 2 aliphatic rings. The lowest BCUT2D eigenvalue weighted by Crippen LogP contribution is -2.49. The number of hydrogen-bond acceptors (Lipinski definition) is 5. The summed E-state index contributed by atoms with van der Waals surface area (Å²) in [6.45, 7) is 1.53. The molecule has 0 N–H and O–H groups in total. The number of hydrogen-bond donors (Lipinski definition) is 0. The summed E-state index contributed by atoms with van der Waals surface area (Å²) in [6.07, 6.45) is 2.15. The van der Waals surface area contributed by atoms with E-state index >= 15 is 0 Å². The normalized spacial score (nSPS) is 18.7. The maximum atomic E-state index is 13.3. The number of sulfonamides is 1. The van der Waals surface area contributed by atoms with Crippen molar-refractivity contribution in [1.29, 1.82) is 0 Å². The predicted molar refractivity (Wildman–Crippen MR) is 101 cm³/mol. The van der Waals surface area contributed by atoms with Crippen molar-refractivity contribution in [1.82, 2.24) is 14.3 Å². The van der Waals surface area contributed by atoms with Gasteiger partial charge >= 0.3 is 0 Å². The van der Waals surface area contributed by atoms with Crippen LogP contribution in [0.5, 0.6) is 0 Å². The van der Waals surface area contributed by atoms with Gasteiger partial charge in [0.1, 0.15) is 22.6 Å². The van der Waals surface area contributed by atoms with Gasteiger partial charge in [-0.25, -0.2) is 22.8 Å². The molecule has 0 atom stereocenters. The number of aromatic nitrogens is 2. The number of rotatable bonds is 4. The number of anilines is 1. The Bertz CT molecular complexity index is 977. The van der Waals surface area contributed by atoms with Crippen molar-refractivity contribution < 1.29 is 12.8 Å². The highest BCUT2D eigenvalue weighted by atomic mass is 35.5. The number of piperazine rings is 1. The molecule has 6 nitrogen and oxygen atoms in total. The second kappa shape index (κ2) is 7.16. The van der Waals surface area contributed by atoms with Crippen molar-refractivity contribution in [3.8, 4) is 0 Å². The van der Waals surface area contributed by atoms with Gasteiger partial charge in [0.25, 0.3) is 0 Å². The molecule has 1 aliphatic heterocycles. The van der Waals surface area contributed by atoms with Crippen LogP contribution in [-0.2, 0) is 10.0 Å². The smallest absolute Gasteiger partial charge is 0.243 e. The van der Waals surface area contributed by atoms with Crippen LogP contribution >= 0.6 is 23.2 Å². The molecule has 0 unspecified atom stereocenters. The van der Waals surface area contributed by atoms with Crippen LogP contribution in [0.3, 0.4) is 0 Å². The van der Waals surface area contributed by atoms with E-state index in [1.807, 2.05) is 4.90 Å². The molecule has 27 heavy (non-hydrogen) atoms. The van der Waals surface area contributed by atoms with Gasteiger partial charge in [-0.1, -0.05) is 23.2 Å². The Kier molecular flexibility index (Phi) is 5.00. The van der Waals surface area contributed by atoms with E-state index in [2.05, 4.69) is 9.97 Å². The minimum absolute atomic E-state index is 0.0107. The molecule has 1 aliphatic carbocycles. The highest BCUT2D eigenvalue weighted by molar-refractivity contribution is 7.89. The molecule has 0 spiro atoms. The second-order valence-corrected chi connectivity index (χ2v) is 9.38. The van der Waals surface area contributed by atoms with E-state index in [0.29, 0.717) is 24.2 Å². The predicted octanol–water partition coefficient (Wildman–Crippen LogP) is 3.31. The zero-order valence-electron chi connectivity index (χ0n) is 14.3.